The second-order valence-electron chi connectivity index (χ2n) is 7.96. The fraction of sp³-hybridized carbons (Fsp3) is 0.269. The first-order chi connectivity index (χ1) is 17.7. The van der Waals surface area contributed by atoms with Crippen LogP contribution in [0.15, 0.2) is 55.9 Å². The van der Waals surface area contributed by atoms with E-state index < -0.39 is 17.6 Å². The Kier molecular flexibility index (Phi) is 7.74. The molecule has 1 aliphatic heterocycles. The zero-order chi connectivity index (χ0) is 26.9. The molecule has 194 valence electrons. The van der Waals surface area contributed by atoms with Crippen molar-refractivity contribution in [1.29, 1.82) is 0 Å². The van der Waals surface area contributed by atoms with E-state index in [0.717, 1.165) is 11.3 Å². The Labute approximate surface area is 225 Å². The molecule has 11 heteroatoms. The number of aromatic nitrogens is 1. The molecule has 2 heterocycles. The molecular formula is C26H25BrN2O7S. The van der Waals surface area contributed by atoms with Gasteiger partial charge >= 0.3 is 5.97 Å². The summed E-state index contributed by atoms with van der Waals surface area (Å²) in [6.45, 7) is 3.57. The van der Waals surface area contributed by atoms with Gasteiger partial charge in [-0.1, -0.05) is 27.3 Å². The number of rotatable bonds is 7. The highest BCUT2D eigenvalue weighted by Crippen LogP contribution is 2.38. The molecule has 0 radical (unpaired) electrons. The molecule has 4 rings (SSSR count). The maximum Gasteiger partial charge on any atom is 0.338 e. The van der Waals surface area contributed by atoms with Gasteiger partial charge in [-0.3, -0.25) is 9.36 Å². The quantitative estimate of drug-likeness (QED) is 0.422. The average molecular weight is 589 g/mol. The third-order valence-electron chi connectivity index (χ3n) is 5.82. The summed E-state index contributed by atoms with van der Waals surface area (Å²) in [6, 6.07) is 7.59. The largest absolute Gasteiger partial charge is 0.504 e. The van der Waals surface area contributed by atoms with Crippen LogP contribution in [0, 0.1) is 0 Å². The second-order valence-corrected chi connectivity index (χ2v) is 9.88. The molecule has 2 aromatic carbocycles. The Bertz CT molecular complexity index is 1590. The van der Waals surface area contributed by atoms with Gasteiger partial charge in [0.05, 0.1) is 43.7 Å². The third-order valence-corrected chi connectivity index (χ3v) is 7.26. The van der Waals surface area contributed by atoms with Gasteiger partial charge in [0.2, 0.25) is 0 Å². The Hall–Kier alpha value is -3.57. The number of carbonyl (C=O) groups excluding carboxylic acids is 1. The van der Waals surface area contributed by atoms with Gasteiger partial charge in [0.1, 0.15) is 17.5 Å². The molecule has 0 unspecified atom stereocenters. The summed E-state index contributed by atoms with van der Waals surface area (Å²) >= 11 is 4.54. The first kappa shape index (κ1) is 26.5. The number of thiazole rings is 1. The van der Waals surface area contributed by atoms with Crippen molar-refractivity contribution < 1.29 is 28.8 Å². The van der Waals surface area contributed by atoms with Gasteiger partial charge in [0.25, 0.3) is 5.56 Å². The Balaban J connectivity index is 2.03. The van der Waals surface area contributed by atoms with Gasteiger partial charge in [-0.05, 0) is 50.3 Å². The summed E-state index contributed by atoms with van der Waals surface area (Å²) in [5.41, 5.74) is 1.17. The van der Waals surface area contributed by atoms with Crippen LogP contribution in [0.2, 0.25) is 0 Å². The van der Waals surface area contributed by atoms with Crippen LogP contribution in [0.5, 0.6) is 23.0 Å². The average Bonchev–Trinajstić information content (AvgIpc) is 3.18. The number of nitrogens with zero attached hydrogens (tertiary/aromatic N) is 2. The normalized spacial score (nSPS) is 15.2. The molecule has 1 N–H and O–H groups in total. The molecule has 9 nitrogen and oxygen atoms in total. The van der Waals surface area contributed by atoms with E-state index in [0.29, 0.717) is 42.1 Å². The summed E-state index contributed by atoms with van der Waals surface area (Å²) < 4.78 is 24.0. The van der Waals surface area contributed by atoms with Crippen LogP contribution in [0.4, 0.5) is 0 Å². The molecule has 0 aliphatic carbocycles. The summed E-state index contributed by atoms with van der Waals surface area (Å²) in [7, 11) is 4.49. The lowest BCUT2D eigenvalue weighted by atomic mass is 9.94. The van der Waals surface area contributed by atoms with Gasteiger partial charge in [0.15, 0.2) is 16.3 Å². The van der Waals surface area contributed by atoms with E-state index in [9.17, 15) is 14.7 Å². The predicted octanol–water partition coefficient (Wildman–Crippen LogP) is 3.29. The minimum Gasteiger partial charge on any atom is -0.504 e. The Morgan fingerprint density at radius 2 is 1.89 bits per heavy atom. The van der Waals surface area contributed by atoms with E-state index in [1.807, 2.05) is 0 Å². The molecule has 0 saturated carbocycles. The van der Waals surface area contributed by atoms with Crippen molar-refractivity contribution in [3.05, 3.63) is 76.9 Å². The van der Waals surface area contributed by atoms with E-state index in [4.69, 9.17) is 18.9 Å². The van der Waals surface area contributed by atoms with Crippen molar-refractivity contribution in [2.24, 2.45) is 4.99 Å². The minimum atomic E-state index is -0.881. The molecule has 0 bridgehead atoms. The number of allylic oxidation sites excluding steroid dienone is 1. The summed E-state index contributed by atoms with van der Waals surface area (Å²) in [5.74, 6) is 0.564. The lowest BCUT2D eigenvalue weighted by Gasteiger charge is -2.26. The van der Waals surface area contributed by atoms with Crippen LogP contribution >= 0.6 is 27.3 Å². The fourth-order valence-electron chi connectivity index (χ4n) is 4.14. The highest BCUT2D eigenvalue weighted by molar-refractivity contribution is 9.10. The van der Waals surface area contributed by atoms with Crippen LogP contribution < -0.4 is 29.1 Å². The molecule has 0 saturated heterocycles. The topological polar surface area (TPSA) is 109 Å². The maximum absolute atomic E-state index is 13.8. The van der Waals surface area contributed by atoms with Gasteiger partial charge in [-0.15, -0.1) is 0 Å². The molecule has 1 aliphatic rings. The Morgan fingerprint density at radius 3 is 2.54 bits per heavy atom. The third kappa shape index (κ3) is 4.88. The highest BCUT2D eigenvalue weighted by atomic mass is 79.9. The number of ether oxygens (including phenoxy) is 4. The molecule has 0 fully saturated rings. The van der Waals surface area contributed by atoms with Gasteiger partial charge in [0, 0.05) is 15.6 Å². The van der Waals surface area contributed by atoms with E-state index in [1.165, 1.54) is 25.9 Å². The standard InChI is InChI=1S/C26H25BrN2O7S/c1-6-36-25(32)21-13(2)28-26-29(22(21)17-12-16(33-3)7-8-18(17)34-4)24(31)20(37-26)10-14-9-15(27)11-19(35-5)23(14)30/h7-12,22,30H,6H2,1-5H3/b20-10+/t22-/m0/s1. The highest BCUT2D eigenvalue weighted by Gasteiger charge is 2.35. The van der Waals surface area contributed by atoms with Crippen molar-refractivity contribution in [3.8, 4) is 23.0 Å². The second kappa shape index (κ2) is 10.8. The van der Waals surface area contributed by atoms with Crippen molar-refractivity contribution in [1.82, 2.24) is 4.57 Å². The van der Waals surface area contributed by atoms with Gasteiger partial charge < -0.3 is 24.1 Å². The number of esters is 1. The molecule has 0 spiro atoms. The maximum atomic E-state index is 13.8. The lowest BCUT2D eigenvalue weighted by Crippen LogP contribution is -2.40. The Morgan fingerprint density at radius 1 is 1.16 bits per heavy atom. The zero-order valence-corrected chi connectivity index (χ0v) is 23.2. The van der Waals surface area contributed by atoms with Gasteiger partial charge in [-0.25, -0.2) is 9.79 Å². The molecule has 0 amide bonds. The van der Waals surface area contributed by atoms with Crippen LogP contribution in [0.1, 0.15) is 31.0 Å². The van der Waals surface area contributed by atoms with Gasteiger partial charge in [-0.2, -0.15) is 0 Å². The number of hydrogen-bond acceptors (Lipinski definition) is 9. The first-order valence-corrected chi connectivity index (χ1v) is 12.8. The predicted molar refractivity (Wildman–Crippen MR) is 142 cm³/mol. The van der Waals surface area contributed by atoms with Crippen molar-refractivity contribution >= 4 is 39.3 Å². The van der Waals surface area contributed by atoms with Crippen LogP contribution in [0.25, 0.3) is 6.08 Å². The van der Waals surface area contributed by atoms with E-state index in [1.54, 1.807) is 50.3 Å². The number of methoxy groups -OCH3 is 3. The summed E-state index contributed by atoms with van der Waals surface area (Å²) in [4.78, 5) is 31.9. The first-order valence-electron chi connectivity index (χ1n) is 11.2. The van der Waals surface area contributed by atoms with Crippen LogP contribution in [-0.4, -0.2) is 43.6 Å². The number of phenols is 1. The number of hydrogen-bond donors (Lipinski definition) is 1. The summed E-state index contributed by atoms with van der Waals surface area (Å²) in [6.07, 6.45) is 1.57. The number of carbonyl (C=O) groups is 1. The fourth-order valence-corrected chi connectivity index (χ4v) is 5.63. The molecule has 1 atom stereocenters. The number of halogens is 1. The van der Waals surface area contributed by atoms with Crippen LogP contribution in [0.3, 0.4) is 0 Å². The zero-order valence-electron chi connectivity index (χ0n) is 20.8. The smallest absolute Gasteiger partial charge is 0.338 e. The van der Waals surface area contributed by atoms with E-state index >= 15 is 0 Å². The van der Waals surface area contributed by atoms with Crippen LogP contribution in [-0.2, 0) is 9.53 Å². The van der Waals surface area contributed by atoms with E-state index in [-0.39, 0.29) is 23.7 Å². The number of phenolic OH excluding ortho intramolecular Hbond substituents is 1. The number of benzene rings is 2. The number of fused-ring (bicyclic) bond motifs is 1. The van der Waals surface area contributed by atoms with Crippen molar-refractivity contribution in [2.45, 2.75) is 19.9 Å². The van der Waals surface area contributed by atoms with Crippen molar-refractivity contribution in [3.63, 3.8) is 0 Å². The molecule has 1 aromatic heterocycles. The van der Waals surface area contributed by atoms with E-state index in [2.05, 4.69) is 20.9 Å². The molecule has 37 heavy (non-hydrogen) atoms. The minimum absolute atomic E-state index is 0.106. The number of aromatic hydroxyl groups is 1. The molecule has 3 aromatic rings. The SMILES string of the molecule is CCOC(=O)C1=C(C)N=c2s/c(=C/c3cc(Br)cc(OC)c3O)c(=O)n2[C@H]1c1cc(OC)ccc1OC. The lowest BCUT2D eigenvalue weighted by molar-refractivity contribution is -0.139. The monoisotopic (exact) mass is 588 g/mol. The molecular weight excluding hydrogens is 564 g/mol. The van der Waals surface area contributed by atoms with Crippen molar-refractivity contribution in [2.75, 3.05) is 27.9 Å². The summed E-state index contributed by atoms with van der Waals surface area (Å²) in [5, 5.41) is 10.6.